The van der Waals surface area contributed by atoms with Gasteiger partial charge in [0.05, 0.1) is 12.2 Å². The molecule has 176 valence electrons. The summed E-state index contributed by atoms with van der Waals surface area (Å²) in [5.74, 6) is 1.93. The summed E-state index contributed by atoms with van der Waals surface area (Å²) in [6, 6.07) is 8.20. The SMILES string of the molecule is CC(C)CC(=O)N(CCN1CCCCC1)Cc1csc(COc2ccccc2C(C)C)n1. The first-order chi connectivity index (χ1) is 15.4. The van der Waals surface area contributed by atoms with Gasteiger partial charge in [0.15, 0.2) is 0 Å². The van der Waals surface area contributed by atoms with Crippen LogP contribution in [-0.2, 0) is 17.9 Å². The number of para-hydroxylation sites is 1. The Morgan fingerprint density at radius 1 is 1.16 bits per heavy atom. The first-order valence-electron chi connectivity index (χ1n) is 12.1. The van der Waals surface area contributed by atoms with Crippen LogP contribution in [0, 0.1) is 5.92 Å². The normalized spacial score (nSPS) is 14.8. The average Bonchev–Trinajstić information content (AvgIpc) is 3.23. The van der Waals surface area contributed by atoms with Gasteiger partial charge in [0, 0.05) is 24.9 Å². The predicted molar refractivity (Wildman–Crippen MR) is 132 cm³/mol. The van der Waals surface area contributed by atoms with Gasteiger partial charge in [-0.15, -0.1) is 11.3 Å². The molecule has 0 atom stereocenters. The largest absolute Gasteiger partial charge is 0.486 e. The third-order valence-corrected chi connectivity index (χ3v) is 6.79. The van der Waals surface area contributed by atoms with Gasteiger partial charge >= 0.3 is 0 Å². The summed E-state index contributed by atoms with van der Waals surface area (Å²) >= 11 is 1.61. The van der Waals surface area contributed by atoms with Crippen molar-refractivity contribution < 1.29 is 9.53 Å². The summed E-state index contributed by atoms with van der Waals surface area (Å²) in [6.45, 7) is 13.6. The molecule has 2 aromatic rings. The van der Waals surface area contributed by atoms with Crippen molar-refractivity contribution in [2.45, 2.75) is 72.4 Å². The number of thiazole rings is 1. The van der Waals surface area contributed by atoms with Crippen LogP contribution in [0.2, 0.25) is 0 Å². The summed E-state index contributed by atoms with van der Waals surface area (Å²) in [6.07, 6.45) is 4.47. The lowest BCUT2D eigenvalue weighted by molar-refractivity contribution is -0.132. The van der Waals surface area contributed by atoms with Crippen molar-refractivity contribution in [3.8, 4) is 5.75 Å². The van der Waals surface area contributed by atoms with E-state index in [2.05, 4.69) is 50.1 Å². The molecule has 0 aliphatic carbocycles. The number of aromatic nitrogens is 1. The minimum Gasteiger partial charge on any atom is -0.486 e. The van der Waals surface area contributed by atoms with E-state index in [1.165, 1.54) is 24.8 Å². The highest BCUT2D eigenvalue weighted by Crippen LogP contribution is 2.27. The standard InChI is InChI=1S/C26H39N3O2S/c1-20(2)16-26(30)29(15-14-28-12-8-5-9-13-28)17-22-19-32-25(27-22)18-31-24-11-7-6-10-23(24)21(3)4/h6-7,10-11,19-21H,5,8-9,12-18H2,1-4H3. The molecule has 32 heavy (non-hydrogen) atoms. The van der Waals surface area contributed by atoms with E-state index in [1.54, 1.807) is 11.3 Å². The van der Waals surface area contributed by atoms with Crippen molar-refractivity contribution in [3.63, 3.8) is 0 Å². The number of hydrogen-bond acceptors (Lipinski definition) is 5. The zero-order chi connectivity index (χ0) is 22.9. The molecule has 6 heteroatoms. The van der Waals surface area contributed by atoms with E-state index in [9.17, 15) is 4.79 Å². The zero-order valence-corrected chi connectivity index (χ0v) is 21.0. The van der Waals surface area contributed by atoms with Crippen molar-refractivity contribution in [2.75, 3.05) is 26.2 Å². The van der Waals surface area contributed by atoms with Crippen molar-refractivity contribution in [2.24, 2.45) is 5.92 Å². The van der Waals surface area contributed by atoms with Gasteiger partial charge in [0.2, 0.25) is 5.91 Å². The molecule has 1 aromatic heterocycles. The number of carbonyl (C=O) groups excluding carboxylic acids is 1. The van der Waals surface area contributed by atoms with E-state index >= 15 is 0 Å². The topological polar surface area (TPSA) is 45.7 Å². The van der Waals surface area contributed by atoms with Crippen LogP contribution in [0.3, 0.4) is 0 Å². The summed E-state index contributed by atoms with van der Waals surface area (Å²) in [7, 11) is 0. The summed E-state index contributed by atoms with van der Waals surface area (Å²) in [5, 5.41) is 3.02. The van der Waals surface area contributed by atoms with Crippen LogP contribution in [0.4, 0.5) is 0 Å². The molecule has 3 rings (SSSR count). The Balaban J connectivity index is 1.59. The molecule has 0 N–H and O–H groups in total. The first-order valence-corrected chi connectivity index (χ1v) is 13.0. The van der Waals surface area contributed by atoms with E-state index < -0.39 is 0 Å². The van der Waals surface area contributed by atoms with E-state index in [0.717, 1.165) is 42.6 Å². The van der Waals surface area contributed by atoms with Crippen LogP contribution in [0.25, 0.3) is 0 Å². The lowest BCUT2D eigenvalue weighted by Crippen LogP contribution is -2.40. The molecule has 0 saturated carbocycles. The van der Waals surface area contributed by atoms with Gasteiger partial charge < -0.3 is 14.5 Å². The smallest absolute Gasteiger partial charge is 0.223 e. The van der Waals surface area contributed by atoms with E-state index in [1.807, 2.05) is 17.0 Å². The van der Waals surface area contributed by atoms with Crippen LogP contribution in [0.5, 0.6) is 5.75 Å². The van der Waals surface area contributed by atoms with Gasteiger partial charge in [-0.3, -0.25) is 4.79 Å². The van der Waals surface area contributed by atoms with E-state index in [4.69, 9.17) is 9.72 Å². The Morgan fingerprint density at radius 2 is 1.91 bits per heavy atom. The molecule has 1 fully saturated rings. The molecular formula is C26H39N3O2S. The van der Waals surface area contributed by atoms with E-state index in [0.29, 0.717) is 31.4 Å². The van der Waals surface area contributed by atoms with Gasteiger partial charge in [0.1, 0.15) is 17.4 Å². The molecule has 1 saturated heterocycles. The fraction of sp³-hybridized carbons (Fsp3) is 0.615. The Kier molecular flexibility index (Phi) is 9.54. The van der Waals surface area contributed by atoms with Crippen molar-refractivity contribution in [3.05, 3.63) is 45.9 Å². The Hall–Kier alpha value is -1.92. The minimum absolute atomic E-state index is 0.230. The van der Waals surface area contributed by atoms with Crippen molar-refractivity contribution >= 4 is 17.2 Å². The number of rotatable bonds is 11. The second-order valence-corrected chi connectivity index (χ2v) is 10.5. The van der Waals surface area contributed by atoms with Crippen LogP contribution in [0.15, 0.2) is 29.6 Å². The maximum absolute atomic E-state index is 12.9. The molecule has 0 bridgehead atoms. The number of piperidine rings is 1. The maximum Gasteiger partial charge on any atom is 0.223 e. The molecule has 0 spiro atoms. The number of benzene rings is 1. The molecule has 2 heterocycles. The zero-order valence-electron chi connectivity index (χ0n) is 20.2. The number of amides is 1. The summed E-state index contributed by atoms with van der Waals surface area (Å²) in [4.78, 5) is 22.2. The predicted octanol–water partition coefficient (Wildman–Crippen LogP) is 5.71. The number of carbonyl (C=O) groups is 1. The quantitative estimate of drug-likeness (QED) is 0.434. The van der Waals surface area contributed by atoms with Crippen molar-refractivity contribution in [1.29, 1.82) is 0 Å². The third-order valence-electron chi connectivity index (χ3n) is 5.91. The number of ether oxygens (including phenoxy) is 1. The highest BCUT2D eigenvalue weighted by Gasteiger charge is 2.19. The first kappa shape index (κ1) is 24.7. The molecule has 1 aromatic carbocycles. The molecular weight excluding hydrogens is 418 g/mol. The molecule has 1 aliphatic rings. The van der Waals surface area contributed by atoms with Crippen LogP contribution < -0.4 is 4.74 Å². The maximum atomic E-state index is 12.9. The Bertz CT molecular complexity index is 843. The molecule has 0 unspecified atom stereocenters. The highest BCUT2D eigenvalue weighted by molar-refractivity contribution is 7.09. The summed E-state index contributed by atoms with van der Waals surface area (Å²) in [5.41, 5.74) is 2.17. The summed E-state index contributed by atoms with van der Waals surface area (Å²) < 4.78 is 6.09. The monoisotopic (exact) mass is 457 g/mol. The number of nitrogens with zero attached hydrogens (tertiary/aromatic N) is 3. The molecule has 5 nitrogen and oxygen atoms in total. The number of hydrogen-bond donors (Lipinski definition) is 0. The molecule has 0 radical (unpaired) electrons. The van der Waals surface area contributed by atoms with E-state index in [-0.39, 0.29) is 5.91 Å². The molecule has 1 aliphatic heterocycles. The molecule has 1 amide bonds. The van der Waals surface area contributed by atoms with Crippen LogP contribution in [-0.4, -0.2) is 46.9 Å². The van der Waals surface area contributed by atoms with Gasteiger partial charge in [-0.05, 0) is 49.4 Å². The van der Waals surface area contributed by atoms with Gasteiger partial charge in [-0.25, -0.2) is 4.98 Å². The fourth-order valence-corrected chi connectivity index (χ4v) is 4.82. The average molecular weight is 458 g/mol. The Morgan fingerprint density at radius 3 is 2.62 bits per heavy atom. The van der Waals surface area contributed by atoms with Gasteiger partial charge in [-0.1, -0.05) is 52.3 Å². The lowest BCUT2D eigenvalue weighted by atomic mass is 10.0. The third kappa shape index (κ3) is 7.59. The van der Waals surface area contributed by atoms with Crippen LogP contribution in [0.1, 0.15) is 75.6 Å². The Labute approximate surface area is 197 Å². The fourth-order valence-electron chi connectivity index (χ4n) is 4.13. The lowest BCUT2D eigenvalue weighted by Gasteiger charge is -2.30. The van der Waals surface area contributed by atoms with Gasteiger partial charge in [0.25, 0.3) is 0 Å². The van der Waals surface area contributed by atoms with Crippen molar-refractivity contribution in [1.82, 2.24) is 14.8 Å². The second kappa shape index (κ2) is 12.4. The second-order valence-electron chi connectivity index (χ2n) is 9.53. The highest BCUT2D eigenvalue weighted by atomic mass is 32.1. The van der Waals surface area contributed by atoms with Gasteiger partial charge in [-0.2, -0.15) is 0 Å². The van der Waals surface area contributed by atoms with Crippen LogP contribution >= 0.6 is 11.3 Å². The minimum atomic E-state index is 0.230. The number of likely N-dealkylation sites (tertiary alicyclic amines) is 1.